The number of carbonyl (C=O) groups is 3. The third-order valence-corrected chi connectivity index (χ3v) is 5.62. The Kier molecular flexibility index (Phi) is 4.79. The van der Waals surface area contributed by atoms with Crippen molar-refractivity contribution in [1.82, 2.24) is 10.6 Å². The fraction of sp³-hybridized carbons (Fsp3) is 0.318. The van der Waals surface area contributed by atoms with E-state index in [1.54, 1.807) is 19.1 Å². The van der Waals surface area contributed by atoms with Gasteiger partial charge in [0.05, 0.1) is 11.3 Å². The fourth-order valence-electron chi connectivity index (χ4n) is 3.55. The number of aryl methyl sites for hydroxylation is 1. The molecule has 1 aliphatic carbocycles. The summed E-state index contributed by atoms with van der Waals surface area (Å²) in [7, 11) is 0. The van der Waals surface area contributed by atoms with Crippen molar-refractivity contribution >= 4 is 23.5 Å². The molecule has 1 unspecified atom stereocenters. The van der Waals surface area contributed by atoms with Gasteiger partial charge in [0.2, 0.25) is 0 Å². The largest absolute Gasteiger partial charge is 0.416 e. The topological polar surface area (TPSA) is 78.5 Å². The smallest absolute Gasteiger partial charge is 0.349 e. The third-order valence-electron chi connectivity index (χ3n) is 5.62. The van der Waals surface area contributed by atoms with Crippen LogP contribution in [-0.2, 0) is 16.5 Å². The van der Waals surface area contributed by atoms with E-state index in [0.29, 0.717) is 11.1 Å². The molecule has 2 aromatic rings. The highest BCUT2D eigenvalue weighted by Gasteiger charge is 2.50. The average Bonchev–Trinajstić information content (AvgIpc) is 3.48. The number of nitrogens with zero attached hydrogens (tertiary/aromatic N) is 1. The summed E-state index contributed by atoms with van der Waals surface area (Å²) in [5, 5.41) is 5.44. The zero-order chi connectivity index (χ0) is 22.6. The summed E-state index contributed by atoms with van der Waals surface area (Å²) in [6.07, 6.45) is -2.67. The Hall–Kier alpha value is -3.36. The van der Waals surface area contributed by atoms with E-state index in [2.05, 4.69) is 10.6 Å². The van der Waals surface area contributed by atoms with Gasteiger partial charge in [0.25, 0.3) is 11.8 Å². The van der Waals surface area contributed by atoms with Crippen LogP contribution in [0.4, 0.5) is 23.7 Å². The summed E-state index contributed by atoms with van der Waals surface area (Å²) in [6, 6.07) is 8.19. The van der Waals surface area contributed by atoms with Crippen molar-refractivity contribution in [2.24, 2.45) is 0 Å². The number of rotatable bonds is 4. The van der Waals surface area contributed by atoms with Gasteiger partial charge in [0.1, 0.15) is 5.54 Å². The molecule has 2 fully saturated rings. The standard InChI is InChI=1S/C22H20F3N3O3/c1-12-3-10-16(11-17(12)18(29)26-15-8-9-15)28-19(30)21(2,27-20(28)31)13-4-6-14(7-5-13)22(23,24)25/h3-7,10-11,15H,8-9H2,1-2H3,(H,26,29)(H,27,31). The molecule has 4 rings (SSSR count). The van der Waals surface area contributed by atoms with Crippen LogP contribution in [0.1, 0.15) is 46.8 Å². The van der Waals surface area contributed by atoms with E-state index in [0.717, 1.165) is 29.9 Å². The summed E-state index contributed by atoms with van der Waals surface area (Å²) in [5.74, 6) is -0.922. The maximum absolute atomic E-state index is 13.2. The van der Waals surface area contributed by atoms with Gasteiger partial charge in [-0.3, -0.25) is 9.59 Å². The number of imide groups is 1. The summed E-state index contributed by atoms with van der Waals surface area (Å²) in [6.45, 7) is 3.19. The molecule has 31 heavy (non-hydrogen) atoms. The van der Waals surface area contributed by atoms with E-state index >= 15 is 0 Å². The Morgan fingerprint density at radius 2 is 1.77 bits per heavy atom. The first-order valence-corrected chi connectivity index (χ1v) is 9.76. The van der Waals surface area contributed by atoms with Crippen LogP contribution in [0.3, 0.4) is 0 Å². The lowest BCUT2D eigenvalue weighted by Gasteiger charge is -2.23. The molecule has 2 aliphatic rings. The van der Waals surface area contributed by atoms with Gasteiger partial charge in [-0.25, -0.2) is 9.69 Å². The van der Waals surface area contributed by atoms with Crippen LogP contribution >= 0.6 is 0 Å². The highest BCUT2D eigenvalue weighted by molar-refractivity contribution is 6.23. The van der Waals surface area contributed by atoms with E-state index in [4.69, 9.17) is 0 Å². The van der Waals surface area contributed by atoms with E-state index in [1.165, 1.54) is 25.1 Å². The van der Waals surface area contributed by atoms with Crippen molar-refractivity contribution in [2.45, 2.75) is 44.4 Å². The summed E-state index contributed by atoms with van der Waals surface area (Å²) in [5.41, 5.74) is -0.904. The second-order valence-corrected chi connectivity index (χ2v) is 8.02. The molecule has 0 radical (unpaired) electrons. The number of carbonyl (C=O) groups excluding carboxylic acids is 3. The van der Waals surface area contributed by atoms with Crippen LogP contribution < -0.4 is 15.5 Å². The second kappa shape index (κ2) is 7.11. The highest BCUT2D eigenvalue weighted by Crippen LogP contribution is 2.35. The Balaban J connectivity index is 1.64. The van der Waals surface area contributed by atoms with Crippen molar-refractivity contribution in [3.63, 3.8) is 0 Å². The summed E-state index contributed by atoms with van der Waals surface area (Å²) < 4.78 is 38.6. The Bertz CT molecular complexity index is 1080. The van der Waals surface area contributed by atoms with E-state index in [-0.39, 0.29) is 23.2 Å². The quantitative estimate of drug-likeness (QED) is 0.722. The maximum Gasteiger partial charge on any atom is 0.416 e. The zero-order valence-electron chi connectivity index (χ0n) is 16.8. The predicted molar refractivity (Wildman–Crippen MR) is 106 cm³/mol. The average molecular weight is 431 g/mol. The molecule has 0 aromatic heterocycles. The van der Waals surface area contributed by atoms with Crippen molar-refractivity contribution in [3.05, 3.63) is 64.7 Å². The summed E-state index contributed by atoms with van der Waals surface area (Å²) in [4.78, 5) is 39.3. The second-order valence-electron chi connectivity index (χ2n) is 8.02. The molecule has 4 amide bonds. The molecule has 9 heteroatoms. The number of alkyl halides is 3. The van der Waals surface area contributed by atoms with Gasteiger partial charge in [-0.05, 0) is 62.1 Å². The van der Waals surface area contributed by atoms with Crippen molar-refractivity contribution in [1.29, 1.82) is 0 Å². The number of urea groups is 1. The molecule has 1 atom stereocenters. The SMILES string of the molecule is Cc1ccc(N2C(=O)NC(C)(c3ccc(C(F)(F)F)cc3)C2=O)cc1C(=O)NC1CC1. The minimum absolute atomic E-state index is 0.148. The number of benzene rings is 2. The number of halogens is 3. The van der Waals surface area contributed by atoms with Gasteiger partial charge >= 0.3 is 12.2 Å². The number of nitrogens with one attached hydrogen (secondary N) is 2. The van der Waals surface area contributed by atoms with Gasteiger partial charge in [-0.1, -0.05) is 18.2 Å². The molecule has 1 saturated heterocycles. The number of hydrogen-bond acceptors (Lipinski definition) is 3. The minimum atomic E-state index is -4.51. The Morgan fingerprint density at radius 3 is 2.35 bits per heavy atom. The molecule has 2 N–H and O–H groups in total. The molecule has 1 saturated carbocycles. The highest BCUT2D eigenvalue weighted by atomic mass is 19.4. The maximum atomic E-state index is 13.2. The van der Waals surface area contributed by atoms with Crippen LogP contribution in [0, 0.1) is 6.92 Å². The zero-order valence-corrected chi connectivity index (χ0v) is 16.8. The lowest BCUT2D eigenvalue weighted by Crippen LogP contribution is -2.41. The Morgan fingerprint density at radius 1 is 1.13 bits per heavy atom. The Labute approximate surface area is 176 Å². The monoisotopic (exact) mass is 431 g/mol. The number of amides is 4. The first-order chi connectivity index (χ1) is 14.5. The van der Waals surface area contributed by atoms with Gasteiger partial charge in [0.15, 0.2) is 0 Å². The lowest BCUT2D eigenvalue weighted by atomic mass is 9.91. The fourth-order valence-corrected chi connectivity index (χ4v) is 3.55. The van der Waals surface area contributed by atoms with E-state index < -0.39 is 29.2 Å². The third kappa shape index (κ3) is 3.75. The van der Waals surface area contributed by atoms with Crippen LogP contribution in [0.2, 0.25) is 0 Å². The van der Waals surface area contributed by atoms with Gasteiger partial charge in [0, 0.05) is 11.6 Å². The van der Waals surface area contributed by atoms with Crippen LogP contribution in [-0.4, -0.2) is 23.9 Å². The first-order valence-electron chi connectivity index (χ1n) is 9.76. The van der Waals surface area contributed by atoms with Crippen LogP contribution in [0.25, 0.3) is 0 Å². The molecule has 162 valence electrons. The normalized spacial score (nSPS) is 21.3. The molecular weight excluding hydrogens is 411 g/mol. The lowest BCUT2D eigenvalue weighted by molar-refractivity contribution is -0.137. The minimum Gasteiger partial charge on any atom is -0.349 e. The number of hydrogen-bond donors (Lipinski definition) is 2. The van der Waals surface area contributed by atoms with Gasteiger partial charge in [-0.2, -0.15) is 13.2 Å². The van der Waals surface area contributed by atoms with Gasteiger partial charge < -0.3 is 10.6 Å². The molecule has 1 aliphatic heterocycles. The van der Waals surface area contributed by atoms with Gasteiger partial charge in [-0.15, -0.1) is 0 Å². The van der Waals surface area contributed by atoms with Crippen LogP contribution in [0.15, 0.2) is 42.5 Å². The van der Waals surface area contributed by atoms with Crippen molar-refractivity contribution < 1.29 is 27.6 Å². The first kappa shape index (κ1) is 20.9. The predicted octanol–water partition coefficient (Wildman–Crippen LogP) is 3.88. The molecule has 6 nitrogen and oxygen atoms in total. The summed E-state index contributed by atoms with van der Waals surface area (Å²) >= 11 is 0. The molecular formula is C22H20F3N3O3. The molecule has 0 bridgehead atoms. The van der Waals surface area contributed by atoms with Crippen LogP contribution in [0.5, 0.6) is 0 Å². The molecule has 0 spiro atoms. The van der Waals surface area contributed by atoms with Crippen molar-refractivity contribution in [3.8, 4) is 0 Å². The molecule has 1 heterocycles. The van der Waals surface area contributed by atoms with E-state index in [1.807, 2.05) is 0 Å². The number of anilines is 1. The van der Waals surface area contributed by atoms with E-state index in [9.17, 15) is 27.6 Å². The van der Waals surface area contributed by atoms with Crippen molar-refractivity contribution in [2.75, 3.05) is 4.90 Å². The molecule has 2 aromatic carbocycles.